The van der Waals surface area contributed by atoms with Crippen molar-refractivity contribution in [1.82, 2.24) is 15.0 Å². The Hall–Kier alpha value is -2.24. The van der Waals surface area contributed by atoms with Gasteiger partial charge < -0.3 is 9.64 Å². The first-order valence-electron chi connectivity index (χ1n) is 7.27. The molecule has 0 N–H and O–H groups in total. The molecule has 3 rings (SSSR count). The third-order valence-electron chi connectivity index (χ3n) is 3.76. The van der Waals surface area contributed by atoms with Crippen LogP contribution in [0, 0.1) is 5.92 Å². The van der Waals surface area contributed by atoms with Gasteiger partial charge in [0.25, 0.3) is 0 Å². The fourth-order valence-corrected chi connectivity index (χ4v) is 2.62. The molecular formula is C15H18N4O2. The number of fused-ring (bicyclic) bond motifs is 1. The van der Waals surface area contributed by atoms with Crippen molar-refractivity contribution < 1.29 is 9.53 Å². The van der Waals surface area contributed by atoms with Crippen LogP contribution in [0.5, 0.6) is 0 Å². The van der Waals surface area contributed by atoms with Crippen molar-refractivity contribution in [2.45, 2.75) is 19.8 Å². The van der Waals surface area contributed by atoms with E-state index in [4.69, 9.17) is 4.74 Å². The predicted molar refractivity (Wildman–Crippen MR) is 78.9 cm³/mol. The average molecular weight is 286 g/mol. The third-order valence-corrected chi connectivity index (χ3v) is 3.76. The minimum absolute atomic E-state index is 0.0152. The number of carbonyl (C=O) groups is 1. The van der Waals surface area contributed by atoms with Crippen LogP contribution in [0.3, 0.4) is 0 Å². The smallest absolute Gasteiger partial charge is 0.309 e. The van der Waals surface area contributed by atoms with Crippen molar-refractivity contribution in [3.63, 3.8) is 0 Å². The number of anilines is 1. The maximum atomic E-state index is 11.7. The normalized spacial score (nSPS) is 16.1. The highest BCUT2D eigenvalue weighted by atomic mass is 16.5. The zero-order valence-corrected chi connectivity index (χ0v) is 12.0. The molecule has 0 spiro atoms. The van der Waals surface area contributed by atoms with Gasteiger partial charge in [0.05, 0.1) is 12.5 Å². The number of piperidine rings is 1. The Balaban J connectivity index is 1.69. The van der Waals surface area contributed by atoms with Crippen LogP contribution in [-0.4, -0.2) is 40.6 Å². The number of pyridine rings is 1. The number of ether oxygens (including phenoxy) is 1. The third kappa shape index (κ3) is 2.94. The summed E-state index contributed by atoms with van der Waals surface area (Å²) < 4.78 is 5.09. The zero-order valence-electron chi connectivity index (χ0n) is 12.0. The summed E-state index contributed by atoms with van der Waals surface area (Å²) in [5.74, 6) is 0.834. The van der Waals surface area contributed by atoms with Crippen LogP contribution < -0.4 is 4.90 Å². The van der Waals surface area contributed by atoms with Crippen molar-refractivity contribution in [3.05, 3.63) is 24.5 Å². The van der Waals surface area contributed by atoms with Gasteiger partial charge in [0.1, 0.15) is 11.3 Å². The van der Waals surface area contributed by atoms with Gasteiger partial charge in [-0.05, 0) is 31.9 Å². The summed E-state index contributed by atoms with van der Waals surface area (Å²) >= 11 is 0. The maximum absolute atomic E-state index is 11.7. The highest BCUT2D eigenvalue weighted by molar-refractivity contribution is 5.73. The molecule has 6 nitrogen and oxygen atoms in total. The van der Waals surface area contributed by atoms with Gasteiger partial charge in [-0.3, -0.25) is 9.78 Å². The Labute approximate surface area is 123 Å². The van der Waals surface area contributed by atoms with Gasteiger partial charge in [0.15, 0.2) is 5.65 Å². The molecule has 1 fully saturated rings. The van der Waals surface area contributed by atoms with Crippen molar-refractivity contribution in [1.29, 1.82) is 0 Å². The Bertz CT molecular complexity index is 638. The SMILES string of the molecule is CCOC(=O)C1CCN(c2ccc3nccnc3n2)CC1. The fourth-order valence-electron chi connectivity index (χ4n) is 2.62. The largest absolute Gasteiger partial charge is 0.466 e. The van der Waals surface area contributed by atoms with E-state index in [9.17, 15) is 4.79 Å². The van der Waals surface area contributed by atoms with Crippen molar-refractivity contribution in [2.24, 2.45) is 5.92 Å². The minimum atomic E-state index is -0.0745. The molecule has 3 heterocycles. The molecule has 6 heteroatoms. The molecule has 0 bridgehead atoms. The van der Waals surface area contributed by atoms with Crippen molar-refractivity contribution in [2.75, 3.05) is 24.6 Å². The first-order chi connectivity index (χ1) is 10.3. The average Bonchev–Trinajstić information content (AvgIpc) is 2.55. The first kappa shape index (κ1) is 13.7. The Kier molecular flexibility index (Phi) is 3.94. The van der Waals surface area contributed by atoms with E-state index in [1.165, 1.54) is 0 Å². The van der Waals surface area contributed by atoms with E-state index in [0.717, 1.165) is 37.3 Å². The summed E-state index contributed by atoms with van der Waals surface area (Å²) in [6, 6.07) is 3.89. The van der Waals surface area contributed by atoms with Crippen LogP contribution in [0.4, 0.5) is 5.82 Å². The molecule has 1 saturated heterocycles. The topological polar surface area (TPSA) is 68.2 Å². The van der Waals surface area contributed by atoms with Crippen LogP contribution in [0.2, 0.25) is 0 Å². The van der Waals surface area contributed by atoms with Crippen LogP contribution >= 0.6 is 0 Å². The summed E-state index contributed by atoms with van der Waals surface area (Å²) in [5.41, 5.74) is 1.45. The molecule has 2 aromatic heterocycles. The Morgan fingerprint density at radius 2 is 2.05 bits per heavy atom. The summed E-state index contributed by atoms with van der Waals surface area (Å²) in [6.07, 6.45) is 4.92. The fraction of sp³-hybridized carbons (Fsp3) is 0.467. The monoisotopic (exact) mass is 286 g/mol. The molecule has 0 saturated carbocycles. The number of aromatic nitrogens is 3. The second-order valence-corrected chi connectivity index (χ2v) is 5.08. The van der Waals surface area contributed by atoms with Gasteiger partial charge in [-0.1, -0.05) is 0 Å². The second kappa shape index (κ2) is 6.03. The standard InChI is InChI=1S/C15H18N4O2/c1-2-21-15(20)11-5-9-19(10-6-11)13-4-3-12-14(18-13)17-8-7-16-12/h3-4,7-8,11H,2,5-6,9-10H2,1H3. The number of hydrogen-bond donors (Lipinski definition) is 0. The summed E-state index contributed by atoms with van der Waals surface area (Å²) in [7, 11) is 0. The minimum Gasteiger partial charge on any atom is -0.466 e. The maximum Gasteiger partial charge on any atom is 0.309 e. The highest BCUT2D eigenvalue weighted by Gasteiger charge is 2.26. The molecule has 0 unspecified atom stereocenters. The van der Waals surface area contributed by atoms with Gasteiger partial charge in [-0.2, -0.15) is 0 Å². The lowest BCUT2D eigenvalue weighted by atomic mass is 9.97. The van der Waals surface area contributed by atoms with Gasteiger partial charge in [0.2, 0.25) is 0 Å². The lowest BCUT2D eigenvalue weighted by molar-refractivity contribution is -0.148. The lowest BCUT2D eigenvalue weighted by Crippen LogP contribution is -2.37. The van der Waals surface area contributed by atoms with Crippen molar-refractivity contribution in [3.8, 4) is 0 Å². The van der Waals surface area contributed by atoms with Gasteiger partial charge in [-0.25, -0.2) is 9.97 Å². The van der Waals surface area contributed by atoms with Crippen LogP contribution in [0.1, 0.15) is 19.8 Å². The molecule has 0 aromatic carbocycles. The Morgan fingerprint density at radius 3 is 2.81 bits per heavy atom. The molecule has 0 amide bonds. The predicted octanol–water partition coefficient (Wildman–Crippen LogP) is 1.80. The molecule has 1 aliphatic heterocycles. The molecule has 2 aromatic rings. The summed E-state index contributed by atoms with van der Waals surface area (Å²) in [5, 5.41) is 0. The van der Waals surface area contributed by atoms with E-state index in [1.807, 2.05) is 19.1 Å². The first-order valence-corrected chi connectivity index (χ1v) is 7.27. The number of esters is 1. The van der Waals surface area contributed by atoms with E-state index in [0.29, 0.717) is 12.3 Å². The van der Waals surface area contributed by atoms with Crippen LogP contribution in [0.25, 0.3) is 11.2 Å². The molecular weight excluding hydrogens is 268 g/mol. The van der Waals surface area contributed by atoms with E-state index >= 15 is 0 Å². The second-order valence-electron chi connectivity index (χ2n) is 5.08. The van der Waals surface area contributed by atoms with E-state index in [2.05, 4.69) is 19.9 Å². The quantitative estimate of drug-likeness (QED) is 0.801. The van der Waals surface area contributed by atoms with E-state index in [1.54, 1.807) is 12.4 Å². The van der Waals surface area contributed by atoms with Gasteiger partial charge in [0, 0.05) is 25.5 Å². The summed E-state index contributed by atoms with van der Waals surface area (Å²) in [4.78, 5) is 26.9. The number of rotatable bonds is 3. The highest BCUT2D eigenvalue weighted by Crippen LogP contribution is 2.23. The molecule has 0 radical (unpaired) electrons. The molecule has 1 aliphatic rings. The van der Waals surface area contributed by atoms with Gasteiger partial charge >= 0.3 is 5.97 Å². The number of nitrogens with zero attached hydrogens (tertiary/aromatic N) is 4. The molecule has 110 valence electrons. The van der Waals surface area contributed by atoms with Crippen molar-refractivity contribution >= 4 is 23.0 Å². The number of hydrogen-bond acceptors (Lipinski definition) is 6. The summed E-state index contributed by atoms with van der Waals surface area (Å²) in [6.45, 7) is 3.90. The van der Waals surface area contributed by atoms with Crippen LogP contribution in [0.15, 0.2) is 24.5 Å². The zero-order chi connectivity index (χ0) is 14.7. The van der Waals surface area contributed by atoms with E-state index < -0.39 is 0 Å². The van der Waals surface area contributed by atoms with Gasteiger partial charge in [-0.15, -0.1) is 0 Å². The van der Waals surface area contributed by atoms with E-state index in [-0.39, 0.29) is 11.9 Å². The molecule has 0 aliphatic carbocycles. The number of carbonyl (C=O) groups excluding carboxylic acids is 1. The molecule has 0 atom stereocenters. The molecule has 21 heavy (non-hydrogen) atoms. The Morgan fingerprint density at radius 1 is 1.29 bits per heavy atom. The lowest BCUT2D eigenvalue weighted by Gasteiger charge is -2.31. The van der Waals surface area contributed by atoms with Crippen LogP contribution in [-0.2, 0) is 9.53 Å².